The maximum absolute atomic E-state index is 5.78. The summed E-state index contributed by atoms with van der Waals surface area (Å²) in [5, 5.41) is 0. The zero-order chi connectivity index (χ0) is 7.56. The highest BCUT2D eigenvalue weighted by atomic mass is 14.6. The smallest absolute Gasteiger partial charge is 0.00792 e. The normalized spacial score (nSPS) is 30.9. The maximum atomic E-state index is 5.78. The predicted molar refractivity (Wildman–Crippen MR) is 44.8 cm³/mol. The second-order valence-electron chi connectivity index (χ2n) is 3.24. The van der Waals surface area contributed by atoms with Crippen molar-refractivity contribution in [3.05, 3.63) is 11.1 Å². The molecule has 0 aliphatic heterocycles. The molecule has 58 valence electrons. The molecule has 10 heavy (non-hydrogen) atoms. The van der Waals surface area contributed by atoms with Crippen LogP contribution in [0.2, 0.25) is 0 Å². The van der Waals surface area contributed by atoms with Gasteiger partial charge in [-0.25, -0.2) is 0 Å². The lowest BCUT2D eigenvalue weighted by atomic mass is 10.1. The lowest BCUT2D eigenvalue weighted by molar-refractivity contribution is 0.711. The third-order valence-corrected chi connectivity index (χ3v) is 2.46. The van der Waals surface area contributed by atoms with E-state index >= 15 is 0 Å². The fourth-order valence-electron chi connectivity index (χ4n) is 1.52. The Bertz CT molecular complexity index is 147. The Balaban J connectivity index is 2.58. The highest BCUT2D eigenvalue weighted by Crippen LogP contribution is 2.27. The van der Waals surface area contributed by atoms with Gasteiger partial charge in [0.2, 0.25) is 0 Å². The van der Waals surface area contributed by atoms with Crippen molar-refractivity contribution in [2.24, 2.45) is 5.73 Å². The van der Waals surface area contributed by atoms with Crippen molar-refractivity contribution in [3.8, 4) is 0 Å². The van der Waals surface area contributed by atoms with Crippen molar-refractivity contribution in [2.45, 2.75) is 45.6 Å². The molecule has 1 aliphatic carbocycles. The summed E-state index contributed by atoms with van der Waals surface area (Å²) in [4.78, 5) is 0. The molecule has 0 spiro atoms. The largest absolute Gasteiger partial charge is 0.327 e. The molecule has 0 aromatic rings. The minimum absolute atomic E-state index is 0.455. The number of hydrogen-bond donors (Lipinski definition) is 1. The lowest BCUT2D eigenvalue weighted by Gasteiger charge is -2.01. The van der Waals surface area contributed by atoms with E-state index < -0.39 is 0 Å². The summed E-state index contributed by atoms with van der Waals surface area (Å²) in [5.74, 6) is 0. The average molecular weight is 139 g/mol. The summed E-state index contributed by atoms with van der Waals surface area (Å²) in [6.07, 6.45) is 4.80. The molecule has 1 fully saturated rings. The molecule has 1 nitrogen and oxygen atoms in total. The first-order chi connectivity index (χ1) is 4.74. The Morgan fingerprint density at radius 3 is 2.80 bits per heavy atom. The van der Waals surface area contributed by atoms with Gasteiger partial charge in [-0.3, -0.25) is 0 Å². The molecule has 0 amide bonds. The molecule has 0 radical (unpaired) electrons. The first kappa shape index (κ1) is 7.80. The Labute approximate surface area is 63.3 Å². The van der Waals surface area contributed by atoms with Crippen LogP contribution in [0.4, 0.5) is 0 Å². The van der Waals surface area contributed by atoms with Gasteiger partial charge in [0.25, 0.3) is 0 Å². The Morgan fingerprint density at radius 2 is 2.40 bits per heavy atom. The first-order valence-corrected chi connectivity index (χ1v) is 4.17. The number of hydrogen-bond acceptors (Lipinski definition) is 1. The lowest BCUT2D eigenvalue weighted by Crippen LogP contribution is -2.13. The minimum Gasteiger partial charge on any atom is -0.327 e. The summed E-state index contributed by atoms with van der Waals surface area (Å²) in [7, 11) is 0. The van der Waals surface area contributed by atoms with Crippen LogP contribution in [0.25, 0.3) is 0 Å². The Hall–Kier alpha value is -0.300. The summed E-state index contributed by atoms with van der Waals surface area (Å²) in [5.41, 5.74) is 8.97. The van der Waals surface area contributed by atoms with Crippen LogP contribution >= 0.6 is 0 Å². The van der Waals surface area contributed by atoms with Crippen LogP contribution in [0.3, 0.4) is 0 Å². The van der Waals surface area contributed by atoms with E-state index in [-0.39, 0.29) is 0 Å². The van der Waals surface area contributed by atoms with Crippen LogP contribution in [-0.4, -0.2) is 6.04 Å². The van der Waals surface area contributed by atoms with Crippen molar-refractivity contribution in [1.82, 2.24) is 0 Å². The number of rotatable bonds is 1. The van der Waals surface area contributed by atoms with Crippen LogP contribution in [0.5, 0.6) is 0 Å². The van der Waals surface area contributed by atoms with E-state index in [9.17, 15) is 0 Å². The van der Waals surface area contributed by atoms with Crippen LogP contribution in [-0.2, 0) is 0 Å². The Kier molecular flexibility index (Phi) is 2.50. The monoisotopic (exact) mass is 139 g/mol. The number of allylic oxidation sites excluding steroid dienone is 1. The zero-order valence-electron chi connectivity index (χ0n) is 6.98. The van der Waals surface area contributed by atoms with E-state index in [0.29, 0.717) is 6.04 Å². The molecule has 0 aromatic heterocycles. The van der Waals surface area contributed by atoms with E-state index in [2.05, 4.69) is 13.8 Å². The van der Waals surface area contributed by atoms with Crippen LogP contribution in [0.1, 0.15) is 39.5 Å². The zero-order valence-corrected chi connectivity index (χ0v) is 6.98. The molecule has 1 unspecified atom stereocenters. The molecule has 0 heterocycles. The summed E-state index contributed by atoms with van der Waals surface area (Å²) >= 11 is 0. The van der Waals surface area contributed by atoms with Crippen molar-refractivity contribution in [2.75, 3.05) is 0 Å². The number of nitrogens with two attached hydrogens (primary N) is 1. The van der Waals surface area contributed by atoms with E-state index in [4.69, 9.17) is 5.73 Å². The molecule has 2 N–H and O–H groups in total. The van der Waals surface area contributed by atoms with Gasteiger partial charge in [-0.2, -0.15) is 0 Å². The van der Waals surface area contributed by atoms with Gasteiger partial charge in [0.1, 0.15) is 0 Å². The van der Waals surface area contributed by atoms with Crippen LogP contribution < -0.4 is 5.73 Å². The highest BCUT2D eigenvalue weighted by Gasteiger charge is 2.16. The van der Waals surface area contributed by atoms with Crippen molar-refractivity contribution in [3.63, 3.8) is 0 Å². The molecule has 1 rings (SSSR count). The van der Waals surface area contributed by atoms with Crippen molar-refractivity contribution >= 4 is 0 Å². The van der Waals surface area contributed by atoms with Crippen LogP contribution in [0, 0.1) is 0 Å². The van der Waals surface area contributed by atoms with Gasteiger partial charge in [-0.1, -0.05) is 18.1 Å². The van der Waals surface area contributed by atoms with Gasteiger partial charge in [-0.15, -0.1) is 0 Å². The SMILES string of the molecule is CCC(C)=C1CCC(N)C1. The molecule has 1 saturated carbocycles. The van der Waals surface area contributed by atoms with E-state index in [1.807, 2.05) is 0 Å². The molecule has 1 heteroatoms. The highest BCUT2D eigenvalue weighted by molar-refractivity contribution is 5.16. The van der Waals surface area contributed by atoms with Gasteiger partial charge >= 0.3 is 0 Å². The third kappa shape index (κ3) is 1.60. The van der Waals surface area contributed by atoms with Crippen molar-refractivity contribution in [1.29, 1.82) is 0 Å². The molecular formula is C9H17N. The quantitative estimate of drug-likeness (QED) is 0.554. The second kappa shape index (κ2) is 3.20. The summed E-state index contributed by atoms with van der Waals surface area (Å²) in [6.45, 7) is 4.44. The topological polar surface area (TPSA) is 26.0 Å². The first-order valence-electron chi connectivity index (χ1n) is 4.17. The summed E-state index contributed by atoms with van der Waals surface area (Å²) in [6, 6.07) is 0.455. The summed E-state index contributed by atoms with van der Waals surface area (Å²) < 4.78 is 0. The fourth-order valence-corrected chi connectivity index (χ4v) is 1.52. The standard InChI is InChI=1S/C9H17N/c1-3-7(2)8-4-5-9(10)6-8/h9H,3-6,10H2,1-2H3. The predicted octanol–water partition coefficient (Wildman–Crippen LogP) is 2.22. The molecule has 1 atom stereocenters. The molecule has 0 aromatic carbocycles. The van der Waals surface area contributed by atoms with E-state index in [0.717, 1.165) is 6.42 Å². The van der Waals surface area contributed by atoms with Crippen molar-refractivity contribution < 1.29 is 0 Å². The molecular weight excluding hydrogens is 122 g/mol. The fraction of sp³-hybridized carbons (Fsp3) is 0.778. The van der Waals surface area contributed by atoms with Crippen LogP contribution in [0.15, 0.2) is 11.1 Å². The van der Waals surface area contributed by atoms with E-state index in [1.165, 1.54) is 19.3 Å². The van der Waals surface area contributed by atoms with E-state index in [1.54, 1.807) is 11.1 Å². The minimum atomic E-state index is 0.455. The maximum Gasteiger partial charge on any atom is 0.00792 e. The van der Waals surface area contributed by atoms with Gasteiger partial charge in [-0.05, 0) is 32.6 Å². The Morgan fingerprint density at radius 1 is 1.70 bits per heavy atom. The van der Waals surface area contributed by atoms with Gasteiger partial charge in [0.15, 0.2) is 0 Å². The molecule has 0 saturated heterocycles. The second-order valence-corrected chi connectivity index (χ2v) is 3.24. The van der Waals surface area contributed by atoms with Gasteiger partial charge in [0, 0.05) is 6.04 Å². The van der Waals surface area contributed by atoms with Gasteiger partial charge in [0.05, 0.1) is 0 Å². The molecule has 1 aliphatic rings. The van der Waals surface area contributed by atoms with Gasteiger partial charge < -0.3 is 5.73 Å². The average Bonchev–Trinajstić information content (AvgIpc) is 2.34. The molecule has 0 bridgehead atoms. The third-order valence-electron chi connectivity index (χ3n) is 2.46.